The van der Waals surface area contributed by atoms with Crippen molar-refractivity contribution in [3.05, 3.63) is 85.0 Å². The van der Waals surface area contributed by atoms with Gasteiger partial charge in [0.1, 0.15) is 11.5 Å². The van der Waals surface area contributed by atoms with Crippen LogP contribution in [0.4, 0.5) is 5.69 Å². The van der Waals surface area contributed by atoms with Gasteiger partial charge < -0.3 is 14.5 Å². The van der Waals surface area contributed by atoms with Gasteiger partial charge in [-0.1, -0.05) is 18.2 Å². The molecule has 2 aromatic heterocycles. The van der Waals surface area contributed by atoms with Crippen molar-refractivity contribution in [2.75, 3.05) is 5.32 Å². The van der Waals surface area contributed by atoms with Crippen LogP contribution in [0.2, 0.25) is 0 Å². The Morgan fingerprint density at radius 1 is 0.897 bits per heavy atom. The molecule has 29 heavy (non-hydrogen) atoms. The van der Waals surface area contributed by atoms with Crippen LogP contribution in [0.15, 0.2) is 83.5 Å². The fourth-order valence-corrected chi connectivity index (χ4v) is 2.64. The number of rotatable bonds is 7. The van der Waals surface area contributed by atoms with E-state index in [4.69, 9.17) is 9.15 Å². The highest BCUT2D eigenvalue weighted by molar-refractivity contribution is 5.90. The molecule has 1 amide bonds. The van der Waals surface area contributed by atoms with Crippen molar-refractivity contribution in [2.24, 2.45) is 0 Å². The van der Waals surface area contributed by atoms with E-state index in [1.807, 2.05) is 42.5 Å². The van der Waals surface area contributed by atoms with Gasteiger partial charge in [0.2, 0.25) is 17.7 Å². The van der Waals surface area contributed by atoms with E-state index < -0.39 is 0 Å². The van der Waals surface area contributed by atoms with Gasteiger partial charge in [0.15, 0.2) is 0 Å². The van der Waals surface area contributed by atoms with Gasteiger partial charge in [-0.05, 0) is 48.5 Å². The molecule has 1 N–H and O–H groups in total. The molecule has 0 spiro atoms. The number of carbonyl (C=O) groups is 1. The minimum Gasteiger partial charge on any atom is -0.457 e. The zero-order chi connectivity index (χ0) is 19.9. The van der Waals surface area contributed by atoms with Crippen LogP contribution in [0, 0.1) is 0 Å². The van der Waals surface area contributed by atoms with Crippen molar-refractivity contribution in [2.45, 2.75) is 12.8 Å². The fraction of sp³-hybridized carbons (Fsp3) is 0.0909. The van der Waals surface area contributed by atoms with Gasteiger partial charge in [0.25, 0.3) is 0 Å². The van der Waals surface area contributed by atoms with Crippen molar-refractivity contribution in [1.29, 1.82) is 0 Å². The summed E-state index contributed by atoms with van der Waals surface area (Å²) >= 11 is 0. The van der Waals surface area contributed by atoms with Gasteiger partial charge >= 0.3 is 0 Å². The lowest BCUT2D eigenvalue weighted by atomic mass is 10.2. The minimum absolute atomic E-state index is 0.134. The molecule has 0 unspecified atom stereocenters. The van der Waals surface area contributed by atoms with E-state index in [2.05, 4.69) is 20.5 Å². The van der Waals surface area contributed by atoms with Crippen LogP contribution in [-0.2, 0) is 11.2 Å². The molecule has 2 aromatic carbocycles. The van der Waals surface area contributed by atoms with Crippen molar-refractivity contribution in [1.82, 2.24) is 15.2 Å². The lowest BCUT2D eigenvalue weighted by Gasteiger charge is -2.07. The van der Waals surface area contributed by atoms with Gasteiger partial charge in [-0.3, -0.25) is 9.78 Å². The maximum absolute atomic E-state index is 12.2. The maximum atomic E-state index is 12.2. The molecule has 4 aromatic rings. The van der Waals surface area contributed by atoms with Crippen LogP contribution >= 0.6 is 0 Å². The van der Waals surface area contributed by atoms with Crippen molar-refractivity contribution in [3.8, 4) is 23.0 Å². The van der Waals surface area contributed by atoms with E-state index in [-0.39, 0.29) is 12.3 Å². The third-order valence-corrected chi connectivity index (χ3v) is 4.08. The molecule has 0 aliphatic heterocycles. The summed E-state index contributed by atoms with van der Waals surface area (Å²) in [5.74, 6) is 2.15. The number of benzene rings is 2. The van der Waals surface area contributed by atoms with E-state index >= 15 is 0 Å². The van der Waals surface area contributed by atoms with Crippen LogP contribution < -0.4 is 10.1 Å². The van der Waals surface area contributed by atoms with Gasteiger partial charge in [-0.2, -0.15) is 0 Å². The topological polar surface area (TPSA) is 90.1 Å². The molecular weight excluding hydrogens is 368 g/mol. The molecule has 2 heterocycles. The molecule has 0 fully saturated rings. The zero-order valence-corrected chi connectivity index (χ0v) is 15.5. The van der Waals surface area contributed by atoms with Crippen molar-refractivity contribution in [3.63, 3.8) is 0 Å². The number of aromatic nitrogens is 3. The first-order chi connectivity index (χ1) is 14.3. The smallest absolute Gasteiger partial charge is 0.247 e. The van der Waals surface area contributed by atoms with Crippen LogP contribution in [0.3, 0.4) is 0 Å². The summed E-state index contributed by atoms with van der Waals surface area (Å²) in [6.45, 7) is 0. The normalized spacial score (nSPS) is 10.5. The third-order valence-electron chi connectivity index (χ3n) is 4.08. The van der Waals surface area contributed by atoms with Crippen LogP contribution in [0.5, 0.6) is 11.5 Å². The van der Waals surface area contributed by atoms with Gasteiger partial charge in [0, 0.05) is 36.5 Å². The molecule has 144 valence electrons. The van der Waals surface area contributed by atoms with Gasteiger partial charge in [-0.25, -0.2) is 0 Å². The summed E-state index contributed by atoms with van der Waals surface area (Å²) < 4.78 is 11.3. The largest absolute Gasteiger partial charge is 0.457 e. The van der Waals surface area contributed by atoms with E-state index in [1.54, 1.807) is 36.7 Å². The van der Waals surface area contributed by atoms with Crippen molar-refractivity contribution < 1.29 is 13.9 Å². The van der Waals surface area contributed by atoms with E-state index in [1.165, 1.54) is 0 Å². The Morgan fingerprint density at radius 3 is 2.38 bits per heavy atom. The second-order valence-corrected chi connectivity index (χ2v) is 6.22. The molecular formula is C22H18N4O3. The molecule has 0 radical (unpaired) electrons. The summed E-state index contributed by atoms with van der Waals surface area (Å²) in [6, 6.07) is 20.3. The van der Waals surface area contributed by atoms with Gasteiger partial charge in [-0.15, -0.1) is 10.2 Å². The number of ether oxygens (including phenoxy) is 1. The standard InChI is InChI=1S/C22H18N4O3/c27-20(10-11-21-25-26-22(29-21)16-12-14-23-15-13-16)24-17-6-8-19(9-7-17)28-18-4-2-1-3-5-18/h1-9,12-15H,10-11H2,(H,24,27). The first-order valence-corrected chi connectivity index (χ1v) is 9.12. The Hall–Kier alpha value is -4.00. The first-order valence-electron chi connectivity index (χ1n) is 9.12. The molecule has 4 rings (SSSR count). The Labute approximate surface area is 167 Å². The number of hydrogen-bond donors (Lipinski definition) is 1. The highest BCUT2D eigenvalue weighted by atomic mass is 16.5. The summed E-state index contributed by atoms with van der Waals surface area (Å²) in [5, 5.41) is 10.8. The number of amides is 1. The highest BCUT2D eigenvalue weighted by Crippen LogP contribution is 2.23. The summed E-state index contributed by atoms with van der Waals surface area (Å²) in [6.07, 6.45) is 3.91. The summed E-state index contributed by atoms with van der Waals surface area (Å²) in [5.41, 5.74) is 1.49. The Balaban J connectivity index is 1.28. The Kier molecular flexibility index (Phi) is 5.57. The van der Waals surface area contributed by atoms with Crippen LogP contribution in [0.25, 0.3) is 11.5 Å². The predicted molar refractivity (Wildman–Crippen MR) is 107 cm³/mol. The van der Waals surface area contributed by atoms with Crippen LogP contribution in [-0.4, -0.2) is 21.1 Å². The maximum Gasteiger partial charge on any atom is 0.247 e. The Bertz CT molecular complexity index is 1060. The lowest BCUT2D eigenvalue weighted by molar-refractivity contribution is -0.116. The fourth-order valence-electron chi connectivity index (χ4n) is 2.64. The Morgan fingerprint density at radius 2 is 1.62 bits per heavy atom. The van der Waals surface area contributed by atoms with Crippen molar-refractivity contribution >= 4 is 11.6 Å². The number of aryl methyl sites for hydroxylation is 1. The lowest BCUT2D eigenvalue weighted by Crippen LogP contribution is -2.12. The molecule has 0 bridgehead atoms. The summed E-state index contributed by atoms with van der Waals surface area (Å²) in [4.78, 5) is 16.2. The van der Waals surface area contributed by atoms with E-state index in [9.17, 15) is 4.79 Å². The molecule has 0 aliphatic carbocycles. The predicted octanol–water partition coefficient (Wildman–Crippen LogP) is 4.50. The SMILES string of the molecule is O=C(CCc1nnc(-c2ccncc2)o1)Nc1ccc(Oc2ccccc2)cc1. The monoisotopic (exact) mass is 386 g/mol. The van der Waals surface area contributed by atoms with E-state index in [0.717, 1.165) is 11.3 Å². The molecule has 0 saturated heterocycles. The number of nitrogens with zero attached hydrogens (tertiary/aromatic N) is 3. The number of para-hydroxylation sites is 1. The number of nitrogens with one attached hydrogen (secondary N) is 1. The number of anilines is 1. The zero-order valence-electron chi connectivity index (χ0n) is 15.5. The number of hydrogen-bond acceptors (Lipinski definition) is 6. The van der Waals surface area contributed by atoms with E-state index in [0.29, 0.717) is 29.6 Å². The average Bonchev–Trinajstić information content (AvgIpc) is 3.24. The molecule has 7 nitrogen and oxygen atoms in total. The third kappa shape index (κ3) is 5.04. The first kappa shape index (κ1) is 18.4. The van der Waals surface area contributed by atoms with Gasteiger partial charge in [0.05, 0.1) is 0 Å². The second-order valence-electron chi connectivity index (χ2n) is 6.22. The minimum atomic E-state index is -0.134. The summed E-state index contributed by atoms with van der Waals surface area (Å²) in [7, 11) is 0. The average molecular weight is 386 g/mol. The quantitative estimate of drug-likeness (QED) is 0.503. The number of carbonyl (C=O) groups excluding carboxylic acids is 1. The van der Waals surface area contributed by atoms with Crippen LogP contribution in [0.1, 0.15) is 12.3 Å². The molecule has 0 aliphatic rings. The highest BCUT2D eigenvalue weighted by Gasteiger charge is 2.11. The second kappa shape index (κ2) is 8.79. The number of pyridine rings is 1. The molecule has 0 saturated carbocycles. The molecule has 0 atom stereocenters. The molecule has 7 heteroatoms.